The molecule has 2 unspecified atom stereocenters. The third kappa shape index (κ3) is 6.01. The van der Waals surface area contributed by atoms with Crippen LogP contribution in [0.1, 0.15) is 53.9 Å². The molecule has 0 bridgehead atoms. The van der Waals surface area contributed by atoms with E-state index in [2.05, 4.69) is 20.8 Å². The van der Waals surface area contributed by atoms with Crippen molar-refractivity contribution >= 4 is 5.97 Å². The normalized spacial score (nSPS) is 15.3. The van der Waals surface area contributed by atoms with Crippen molar-refractivity contribution in [1.29, 1.82) is 0 Å². The molecular formula is C12H24O2. The van der Waals surface area contributed by atoms with E-state index in [9.17, 15) is 4.79 Å². The van der Waals surface area contributed by atoms with Crippen LogP contribution in [-0.2, 0) is 9.53 Å². The zero-order chi connectivity index (χ0) is 11.1. The Kier molecular flexibility index (Phi) is 6.60. The van der Waals surface area contributed by atoms with E-state index in [-0.39, 0.29) is 18.0 Å². The molecule has 0 N–H and O–H groups in total. The lowest BCUT2D eigenvalue weighted by atomic mass is 10.1. The first-order chi connectivity index (χ1) is 6.47. The molecule has 14 heavy (non-hydrogen) atoms. The maximum atomic E-state index is 11.5. The van der Waals surface area contributed by atoms with Crippen LogP contribution in [0.15, 0.2) is 0 Å². The number of ether oxygens (including phenoxy) is 1. The second kappa shape index (κ2) is 6.86. The quantitative estimate of drug-likeness (QED) is 0.614. The number of carbonyl (C=O) groups is 1. The average molecular weight is 200 g/mol. The molecule has 0 aromatic rings. The average Bonchev–Trinajstić information content (AvgIpc) is 2.02. The van der Waals surface area contributed by atoms with E-state index >= 15 is 0 Å². The lowest BCUT2D eigenvalue weighted by Gasteiger charge is -2.17. The van der Waals surface area contributed by atoms with Crippen LogP contribution in [0.2, 0.25) is 0 Å². The van der Waals surface area contributed by atoms with Crippen LogP contribution >= 0.6 is 0 Å². The number of hydrogen-bond acceptors (Lipinski definition) is 2. The number of carbonyl (C=O) groups excluding carboxylic acids is 1. The summed E-state index contributed by atoms with van der Waals surface area (Å²) in [7, 11) is 0. The third-order valence-electron chi connectivity index (χ3n) is 2.24. The van der Waals surface area contributed by atoms with Crippen molar-refractivity contribution in [2.75, 3.05) is 0 Å². The van der Waals surface area contributed by atoms with Crippen LogP contribution < -0.4 is 0 Å². The highest BCUT2D eigenvalue weighted by molar-refractivity contribution is 5.72. The van der Waals surface area contributed by atoms with Gasteiger partial charge in [-0.25, -0.2) is 0 Å². The Morgan fingerprint density at radius 3 is 2.21 bits per heavy atom. The largest absolute Gasteiger partial charge is 0.462 e. The minimum atomic E-state index is -0.0417. The van der Waals surface area contributed by atoms with E-state index in [1.807, 2.05) is 13.8 Å². The van der Waals surface area contributed by atoms with Gasteiger partial charge in [-0.3, -0.25) is 4.79 Å². The van der Waals surface area contributed by atoms with Crippen LogP contribution in [0, 0.1) is 11.8 Å². The first-order valence-electron chi connectivity index (χ1n) is 5.67. The lowest BCUT2D eigenvalue weighted by molar-refractivity contribution is -0.153. The van der Waals surface area contributed by atoms with Crippen molar-refractivity contribution in [2.24, 2.45) is 11.8 Å². The van der Waals surface area contributed by atoms with Gasteiger partial charge in [0, 0.05) is 0 Å². The zero-order valence-electron chi connectivity index (χ0n) is 10.2. The summed E-state index contributed by atoms with van der Waals surface area (Å²) in [5.41, 5.74) is 0. The van der Waals surface area contributed by atoms with Crippen LogP contribution in [0.5, 0.6) is 0 Å². The van der Waals surface area contributed by atoms with Gasteiger partial charge in [-0.05, 0) is 25.7 Å². The summed E-state index contributed by atoms with van der Waals surface area (Å²) in [6.07, 6.45) is 2.97. The van der Waals surface area contributed by atoms with Gasteiger partial charge in [0.05, 0.1) is 12.0 Å². The SMILES string of the molecule is CCCC(C)C(=O)OC(C)CC(C)C. The molecule has 0 fully saturated rings. The Labute approximate surface area is 88.0 Å². The van der Waals surface area contributed by atoms with Crippen LogP contribution in [-0.4, -0.2) is 12.1 Å². The molecule has 2 nitrogen and oxygen atoms in total. The van der Waals surface area contributed by atoms with Crippen molar-refractivity contribution in [3.8, 4) is 0 Å². The molecule has 0 saturated heterocycles. The fraction of sp³-hybridized carbons (Fsp3) is 0.917. The van der Waals surface area contributed by atoms with Gasteiger partial charge in [0.15, 0.2) is 0 Å². The van der Waals surface area contributed by atoms with Gasteiger partial charge in [0.2, 0.25) is 0 Å². The molecule has 0 radical (unpaired) electrons. The van der Waals surface area contributed by atoms with Gasteiger partial charge in [0.25, 0.3) is 0 Å². The molecule has 0 aromatic heterocycles. The van der Waals surface area contributed by atoms with Gasteiger partial charge >= 0.3 is 5.97 Å². The number of rotatable bonds is 6. The minimum absolute atomic E-state index is 0.0417. The van der Waals surface area contributed by atoms with E-state index in [1.54, 1.807) is 0 Å². The Morgan fingerprint density at radius 1 is 1.21 bits per heavy atom. The molecule has 0 spiro atoms. The highest BCUT2D eigenvalue weighted by Crippen LogP contribution is 2.12. The molecule has 0 aromatic carbocycles. The Balaban J connectivity index is 3.80. The Bertz CT molecular complexity index is 164. The summed E-state index contributed by atoms with van der Waals surface area (Å²) in [4.78, 5) is 11.5. The van der Waals surface area contributed by atoms with Gasteiger partial charge < -0.3 is 4.74 Å². The predicted molar refractivity (Wildman–Crippen MR) is 59.1 cm³/mol. The molecule has 0 rings (SSSR count). The number of hydrogen-bond donors (Lipinski definition) is 0. The summed E-state index contributed by atoms with van der Waals surface area (Å²) in [6.45, 7) is 10.3. The van der Waals surface area contributed by atoms with Crippen LogP contribution in [0.3, 0.4) is 0 Å². The smallest absolute Gasteiger partial charge is 0.308 e. The van der Waals surface area contributed by atoms with E-state index < -0.39 is 0 Å². The Morgan fingerprint density at radius 2 is 1.79 bits per heavy atom. The first kappa shape index (κ1) is 13.5. The maximum absolute atomic E-state index is 11.5. The molecule has 0 aliphatic carbocycles. The fourth-order valence-electron chi connectivity index (χ4n) is 1.58. The molecule has 0 aliphatic rings. The summed E-state index contributed by atoms with van der Waals surface area (Å²) < 4.78 is 5.34. The highest BCUT2D eigenvalue weighted by Gasteiger charge is 2.16. The van der Waals surface area contributed by atoms with E-state index in [1.165, 1.54) is 0 Å². The lowest BCUT2D eigenvalue weighted by Crippen LogP contribution is -2.21. The van der Waals surface area contributed by atoms with Crippen molar-refractivity contribution in [3.63, 3.8) is 0 Å². The van der Waals surface area contributed by atoms with E-state index in [0.717, 1.165) is 19.3 Å². The van der Waals surface area contributed by atoms with Gasteiger partial charge in [-0.2, -0.15) is 0 Å². The monoisotopic (exact) mass is 200 g/mol. The second-order valence-electron chi connectivity index (χ2n) is 4.57. The molecule has 2 atom stereocenters. The van der Waals surface area contributed by atoms with Gasteiger partial charge in [-0.15, -0.1) is 0 Å². The predicted octanol–water partition coefficient (Wildman–Crippen LogP) is 3.40. The number of esters is 1. The minimum Gasteiger partial charge on any atom is -0.462 e. The van der Waals surface area contributed by atoms with Gasteiger partial charge in [0.1, 0.15) is 0 Å². The van der Waals surface area contributed by atoms with E-state index in [0.29, 0.717) is 5.92 Å². The second-order valence-corrected chi connectivity index (χ2v) is 4.57. The Hall–Kier alpha value is -0.530. The van der Waals surface area contributed by atoms with E-state index in [4.69, 9.17) is 4.74 Å². The van der Waals surface area contributed by atoms with Gasteiger partial charge in [-0.1, -0.05) is 34.1 Å². The fourth-order valence-corrected chi connectivity index (χ4v) is 1.58. The molecule has 2 heteroatoms. The summed E-state index contributed by atoms with van der Waals surface area (Å²) in [5.74, 6) is 0.592. The summed E-state index contributed by atoms with van der Waals surface area (Å²) in [6, 6.07) is 0. The van der Waals surface area contributed by atoms with Crippen molar-refractivity contribution in [3.05, 3.63) is 0 Å². The molecule has 0 amide bonds. The summed E-state index contributed by atoms with van der Waals surface area (Å²) >= 11 is 0. The zero-order valence-corrected chi connectivity index (χ0v) is 10.2. The molecular weight excluding hydrogens is 176 g/mol. The topological polar surface area (TPSA) is 26.3 Å². The van der Waals surface area contributed by atoms with Crippen LogP contribution in [0.4, 0.5) is 0 Å². The first-order valence-corrected chi connectivity index (χ1v) is 5.67. The molecule has 0 heterocycles. The van der Waals surface area contributed by atoms with Crippen molar-refractivity contribution in [2.45, 2.75) is 60.0 Å². The van der Waals surface area contributed by atoms with Crippen LogP contribution in [0.25, 0.3) is 0 Å². The standard InChI is InChI=1S/C12H24O2/c1-6-7-10(4)12(13)14-11(5)8-9(2)3/h9-11H,6-8H2,1-5H3. The highest BCUT2D eigenvalue weighted by atomic mass is 16.5. The molecule has 84 valence electrons. The third-order valence-corrected chi connectivity index (χ3v) is 2.24. The maximum Gasteiger partial charge on any atom is 0.308 e. The summed E-state index contributed by atoms with van der Waals surface area (Å²) in [5, 5.41) is 0. The van der Waals surface area contributed by atoms with Crippen molar-refractivity contribution < 1.29 is 9.53 Å². The molecule has 0 aliphatic heterocycles. The molecule has 0 saturated carbocycles. The van der Waals surface area contributed by atoms with Crippen molar-refractivity contribution in [1.82, 2.24) is 0 Å².